The van der Waals surface area contributed by atoms with Gasteiger partial charge in [-0.25, -0.2) is 0 Å². The van der Waals surface area contributed by atoms with Crippen LogP contribution in [0.1, 0.15) is 43.7 Å². The summed E-state index contributed by atoms with van der Waals surface area (Å²) in [4.78, 5) is 0. The zero-order chi connectivity index (χ0) is 12.6. The fourth-order valence-corrected chi connectivity index (χ4v) is 2.95. The van der Waals surface area contributed by atoms with Crippen molar-refractivity contribution >= 4 is 15.9 Å². The van der Waals surface area contributed by atoms with Gasteiger partial charge in [0.05, 0.1) is 7.11 Å². The third kappa shape index (κ3) is 2.83. The maximum atomic E-state index is 6.18. The molecule has 2 N–H and O–H groups in total. The van der Waals surface area contributed by atoms with E-state index in [4.69, 9.17) is 10.5 Å². The third-order valence-corrected chi connectivity index (χ3v) is 4.14. The van der Waals surface area contributed by atoms with Crippen molar-refractivity contribution in [1.82, 2.24) is 0 Å². The minimum absolute atomic E-state index is 0.0199. The maximum Gasteiger partial charge on any atom is 0.122 e. The van der Waals surface area contributed by atoms with Crippen LogP contribution in [0.15, 0.2) is 16.6 Å². The summed E-state index contributed by atoms with van der Waals surface area (Å²) in [6.07, 6.45) is 3.16. The summed E-state index contributed by atoms with van der Waals surface area (Å²) >= 11 is 3.64. The molecule has 0 bridgehead atoms. The van der Waals surface area contributed by atoms with Gasteiger partial charge in [-0.1, -0.05) is 29.8 Å². The summed E-state index contributed by atoms with van der Waals surface area (Å²) in [7, 11) is 1.73. The molecule has 17 heavy (non-hydrogen) atoms. The van der Waals surface area contributed by atoms with Crippen LogP contribution in [0.25, 0.3) is 0 Å². The van der Waals surface area contributed by atoms with E-state index in [9.17, 15) is 0 Å². The van der Waals surface area contributed by atoms with Gasteiger partial charge in [0.2, 0.25) is 0 Å². The number of methoxy groups -OCH3 is 1. The SMILES string of the molecule is COc1cc(C(C)C)c(Br)cc1CC1(N)CC1. The van der Waals surface area contributed by atoms with Gasteiger partial charge in [-0.2, -0.15) is 0 Å². The van der Waals surface area contributed by atoms with E-state index >= 15 is 0 Å². The van der Waals surface area contributed by atoms with Crippen LogP contribution < -0.4 is 10.5 Å². The fraction of sp³-hybridized carbons (Fsp3) is 0.571. The van der Waals surface area contributed by atoms with Crippen LogP contribution in [-0.4, -0.2) is 12.6 Å². The first-order valence-corrected chi connectivity index (χ1v) is 6.90. The summed E-state index contributed by atoms with van der Waals surface area (Å²) in [6.45, 7) is 4.37. The Balaban J connectivity index is 2.34. The highest BCUT2D eigenvalue weighted by Gasteiger charge is 2.38. The van der Waals surface area contributed by atoms with Crippen molar-refractivity contribution in [3.05, 3.63) is 27.7 Å². The molecule has 0 saturated heterocycles. The van der Waals surface area contributed by atoms with Gasteiger partial charge in [0, 0.05) is 10.0 Å². The van der Waals surface area contributed by atoms with E-state index in [0.29, 0.717) is 5.92 Å². The molecule has 1 aliphatic rings. The van der Waals surface area contributed by atoms with Gasteiger partial charge in [-0.15, -0.1) is 0 Å². The van der Waals surface area contributed by atoms with Gasteiger partial charge in [0.25, 0.3) is 0 Å². The van der Waals surface area contributed by atoms with Crippen molar-refractivity contribution in [2.24, 2.45) is 5.73 Å². The monoisotopic (exact) mass is 297 g/mol. The average Bonchev–Trinajstić information content (AvgIpc) is 2.96. The molecular formula is C14H20BrNO. The Kier molecular flexibility index (Phi) is 3.50. The number of benzene rings is 1. The predicted octanol–water partition coefficient (Wildman–Crippen LogP) is 3.61. The van der Waals surface area contributed by atoms with Gasteiger partial charge in [0.15, 0.2) is 0 Å². The van der Waals surface area contributed by atoms with Crippen LogP contribution in [0.5, 0.6) is 5.75 Å². The van der Waals surface area contributed by atoms with Crippen LogP contribution in [0.3, 0.4) is 0 Å². The van der Waals surface area contributed by atoms with Gasteiger partial charge in [-0.05, 0) is 48.4 Å². The average molecular weight is 298 g/mol. The van der Waals surface area contributed by atoms with E-state index in [-0.39, 0.29) is 5.54 Å². The molecule has 3 heteroatoms. The molecule has 0 heterocycles. The van der Waals surface area contributed by atoms with Crippen molar-refractivity contribution in [2.45, 2.75) is 44.6 Å². The lowest BCUT2D eigenvalue weighted by atomic mass is 9.97. The van der Waals surface area contributed by atoms with E-state index in [1.165, 1.54) is 11.1 Å². The lowest BCUT2D eigenvalue weighted by Crippen LogP contribution is -2.24. The van der Waals surface area contributed by atoms with E-state index in [1.807, 2.05) is 0 Å². The predicted molar refractivity (Wildman–Crippen MR) is 74.6 cm³/mol. The Bertz CT molecular complexity index is 424. The van der Waals surface area contributed by atoms with Crippen LogP contribution >= 0.6 is 15.9 Å². The Hall–Kier alpha value is -0.540. The molecule has 1 aromatic rings. The molecule has 0 unspecified atom stereocenters. The zero-order valence-corrected chi connectivity index (χ0v) is 12.3. The highest BCUT2D eigenvalue weighted by Crippen LogP contribution is 2.40. The van der Waals surface area contributed by atoms with E-state index < -0.39 is 0 Å². The molecule has 0 amide bonds. The number of ether oxygens (including phenoxy) is 1. The van der Waals surface area contributed by atoms with Crippen LogP contribution in [0.4, 0.5) is 0 Å². The van der Waals surface area contributed by atoms with Gasteiger partial charge in [-0.3, -0.25) is 0 Å². The summed E-state index contributed by atoms with van der Waals surface area (Å²) in [5.41, 5.74) is 8.70. The van der Waals surface area contributed by atoms with Crippen molar-refractivity contribution < 1.29 is 4.74 Å². The Labute approximate surface area is 112 Å². The zero-order valence-electron chi connectivity index (χ0n) is 10.7. The quantitative estimate of drug-likeness (QED) is 0.921. The molecule has 0 radical (unpaired) electrons. The highest BCUT2D eigenvalue weighted by molar-refractivity contribution is 9.10. The second kappa shape index (κ2) is 4.62. The molecule has 0 spiro atoms. The first-order valence-electron chi connectivity index (χ1n) is 6.10. The summed E-state index contributed by atoms with van der Waals surface area (Å²) in [5, 5.41) is 0. The largest absolute Gasteiger partial charge is 0.496 e. The topological polar surface area (TPSA) is 35.2 Å². The molecule has 94 valence electrons. The molecule has 0 aromatic heterocycles. The number of rotatable bonds is 4. The summed E-state index contributed by atoms with van der Waals surface area (Å²) in [5.74, 6) is 1.45. The van der Waals surface area contributed by atoms with E-state index in [1.54, 1.807) is 7.11 Å². The molecule has 1 aliphatic carbocycles. The standard InChI is InChI=1S/C14H20BrNO/c1-9(2)11-7-13(17-3)10(6-12(11)15)8-14(16)4-5-14/h6-7,9H,4-5,8,16H2,1-3H3. The smallest absolute Gasteiger partial charge is 0.122 e. The number of hydrogen-bond acceptors (Lipinski definition) is 2. The Morgan fingerprint density at radius 1 is 1.41 bits per heavy atom. The maximum absolute atomic E-state index is 6.18. The highest BCUT2D eigenvalue weighted by atomic mass is 79.9. The lowest BCUT2D eigenvalue weighted by Gasteiger charge is -2.17. The Morgan fingerprint density at radius 3 is 2.53 bits per heavy atom. The van der Waals surface area contributed by atoms with Gasteiger partial charge >= 0.3 is 0 Å². The molecule has 1 saturated carbocycles. The van der Waals surface area contributed by atoms with Gasteiger partial charge < -0.3 is 10.5 Å². The van der Waals surface area contributed by atoms with Crippen LogP contribution in [-0.2, 0) is 6.42 Å². The van der Waals surface area contributed by atoms with E-state index in [0.717, 1.165) is 29.5 Å². The number of halogens is 1. The summed E-state index contributed by atoms with van der Waals surface area (Å²) in [6, 6.07) is 4.30. The van der Waals surface area contributed by atoms with E-state index in [2.05, 4.69) is 41.9 Å². The lowest BCUT2D eigenvalue weighted by molar-refractivity contribution is 0.406. The molecule has 0 atom stereocenters. The molecule has 2 nitrogen and oxygen atoms in total. The molecular weight excluding hydrogens is 278 g/mol. The minimum atomic E-state index is 0.0199. The van der Waals surface area contributed by atoms with Crippen molar-refractivity contribution in [1.29, 1.82) is 0 Å². The summed E-state index contributed by atoms with van der Waals surface area (Å²) < 4.78 is 6.65. The van der Waals surface area contributed by atoms with Crippen molar-refractivity contribution in [3.63, 3.8) is 0 Å². The number of nitrogens with two attached hydrogens (primary N) is 1. The first-order chi connectivity index (χ1) is 7.95. The Morgan fingerprint density at radius 2 is 2.06 bits per heavy atom. The molecule has 0 aliphatic heterocycles. The molecule has 2 rings (SSSR count). The number of hydrogen-bond donors (Lipinski definition) is 1. The van der Waals surface area contributed by atoms with Crippen LogP contribution in [0, 0.1) is 0 Å². The van der Waals surface area contributed by atoms with Crippen molar-refractivity contribution in [2.75, 3.05) is 7.11 Å². The molecule has 1 fully saturated rings. The van der Waals surface area contributed by atoms with Crippen LogP contribution in [0.2, 0.25) is 0 Å². The first kappa shape index (κ1) is 12.9. The second-order valence-electron chi connectivity index (χ2n) is 5.38. The third-order valence-electron chi connectivity index (χ3n) is 3.46. The fourth-order valence-electron chi connectivity index (χ4n) is 2.10. The van der Waals surface area contributed by atoms with Gasteiger partial charge in [0.1, 0.15) is 5.75 Å². The van der Waals surface area contributed by atoms with Crippen molar-refractivity contribution in [3.8, 4) is 5.75 Å². The molecule has 1 aromatic carbocycles. The second-order valence-corrected chi connectivity index (χ2v) is 6.23. The normalized spacial score (nSPS) is 17.3. The minimum Gasteiger partial charge on any atom is -0.496 e.